The fourth-order valence-corrected chi connectivity index (χ4v) is 1.25. The van der Waals surface area contributed by atoms with Gasteiger partial charge in [-0.2, -0.15) is 0 Å². The molecule has 0 radical (unpaired) electrons. The van der Waals surface area contributed by atoms with E-state index in [1.165, 1.54) is 6.92 Å². The van der Waals surface area contributed by atoms with Crippen molar-refractivity contribution in [2.24, 2.45) is 5.73 Å². The number of hydrogen-bond donors (Lipinski definition) is 2. The van der Waals surface area contributed by atoms with Crippen molar-refractivity contribution in [1.82, 2.24) is 5.32 Å². The largest absolute Gasteiger partial charge is 0.368 e. The van der Waals surface area contributed by atoms with Crippen molar-refractivity contribution in [3.8, 4) is 0 Å². The highest BCUT2D eigenvalue weighted by Gasteiger charge is 2.17. The summed E-state index contributed by atoms with van der Waals surface area (Å²) < 4.78 is 0. The van der Waals surface area contributed by atoms with E-state index in [1.54, 1.807) is 0 Å². The summed E-state index contributed by atoms with van der Waals surface area (Å²) in [4.78, 5) is 33.0. The minimum atomic E-state index is -0.612. The van der Waals surface area contributed by atoms with E-state index < -0.39 is 11.9 Å². The first kappa shape index (κ1) is 14.6. The summed E-state index contributed by atoms with van der Waals surface area (Å²) in [5, 5.41) is 2.54. The molecule has 0 saturated heterocycles. The average Bonchev–Trinajstić information content (AvgIpc) is 2.20. The van der Waals surface area contributed by atoms with Crippen LogP contribution in [-0.4, -0.2) is 23.6 Å². The van der Waals surface area contributed by atoms with Crippen LogP contribution in [0.25, 0.3) is 0 Å². The van der Waals surface area contributed by atoms with Crippen LogP contribution in [0, 0.1) is 0 Å². The van der Waals surface area contributed by atoms with Crippen LogP contribution in [0.2, 0.25) is 0 Å². The van der Waals surface area contributed by atoms with Crippen molar-refractivity contribution >= 4 is 17.6 Å². The Kier molecular flexibility index (Phi) is 7.16. The van der Waals surface area contributed by atoms with E-state index >= 15 is 0 Å². The molecule has 1 unspecified atom stereocenters. The summed E-state index contributed by atoms with van der Waals surface area (Å²) in [5.41, 5.74) is 5.16. The molecule has 92 valence electrons. The summed E-state index contributed by atoms with van der Waals surface area (Å²) in [6.07, 6.45) is 2.64. The number of rotatable bonds is 8. The molecular weight excluding hydrogens is 208 g/mol. The number of carbonyl (C=O) groups is 3. The molecule has 0 spiro atoms. The van der Waals surface area contributed by atoms with Crippen LogP contribution in [-0.2, 0) is 14.4 Å². The lowest BCUT2D eigenvalue weighted by atomic mass is 10.1. The molecule has 5 heteroatoms. The van der Waals surface area contributed by atoms with Gasteiger partial charge in [0, 0.05) is 12.8 Å². The SMILES string of the molecule is CCCCC(NC(=O)CCC(C)=O)C(N)=O. The van der Waals surface area contributed by atoms with Crippen molar-refractivity contribution in [2.45, 2.75) is 52.0 Å². The normalized spacial score (nSPS) is 11.9. The van der Waals surface area contributed by atoms with Gasteiger partial charge in [0.25, 0.3) is 0 Å². The second-order valence-corrected chi connectivity index (χ2v) is 3.87. The maximum atomic E-state index is 11.4. The van der Waals surface area contributed by atoms with Crippen LogP contribution in [0.5, 0.6) is 0 Å². The predicted octanol–water partition coefficient (Wildman–Crippen LogP) is 0.516. The number of nitrogens with one attached hydrogen (secondary N) is 1. The van der Waals surface area contributed by atoms with Crippen molar-refractivity contribution in [3.63, 3.8) is 0 Å². The highest BCUT2D eigenvalue weighted by molar-refractivity contribution is 5.88. The molecular formula is C11H20N2O3. The molecule has 0 saturated carbocycles. The Morgan fingerprint density at radius 2 is 1.88 bits per heavy atom. The van der Waals surface area contributed by atoms with Crippen molar-refractivity contribution in [2.75, 3.05) is 0 Å². The lowest BCUT2D eigenvalue weighted by Gasteiger charge is -2.14. The Morgan fingerprint density at radius 1 is 1.25 bits per heavy atom. The van der Waals surface area contributed by atoms with E-state index in [0.717, 1.165) is 12.8 Å². The minimum Gasteiger partial charge on any atom is -0.368 e. The second kappa shape index (κ2) is 7.84. The number of unbranched alkanes of at least 4 members (excludes halogenated alkanes) is 1. The Bertz CT molecular complexity index is 264. The fourth-order valence-electron chi connectivity index (χ4n) is 1.25. The lowest BCUT2D eigenvalue weighted by Crippen LogP contribution is -2.44. The molecule has 1 atom stereocenters. The van der Waals surface area contributed by atoms with E-state index in [-0.39, 0.29) is 24.5 Å². The van der Waals surface area contributed by atoms with Gasteiger partial charge >= 0.3 is 0 Å². The van der Waals surface area contributed by atoms with Gasteiger partial charge in [-0.15, -0.1) is 0 Å². The summed E-state index contributed by atoms with van der Waals surface area (Å²) in [6, 6.07) is -0.612. The molecule has 0 aromatic carbocycles. The molecule has 0 rings (SSSR count). The molecule has 0 aliphatic carbocycles. The average molecular weight is 228 g/mol. The zero-order valence-electron chi connectivity index (χ0n) is 9.91. The van der Waals surface area contributed by atoms with E-state index in [1.807, 2.05) is 6.92 Å². The second-order valence-electron chi connectivity index (χ2n) is 3.87. The smallest absolute Gasteiger partial charge is 0.239 e. The fraction of sp³-hybridized carbons (Fsp3) is 0.727. The van der Waals surface area contributed by atoms with Crippen LogP contribution < -0.4 is 11.1 Å². The number of hydrogen-bond acceptors (Lipinski definition) is 3. The summed E-state index contributed by atoms with van der Waals surface area (Å²) >= 11 is 0. The Hall–Kier alpha value is -1.39. The van der Waals surface area contributed by atoms with Gasteiger partial charge in [0.15, 0.2) is 0 Å². The molecule has 3 N–H and O–H groups in total. The van der Waals surface area contributed by atoms with Crippen LogP contribution in [0.4, 0.5) is 0 Å². The molecule has 0 aromatic rings. The van der Waals surface area contributed by atoms with Crippen molar-refractivity contribution in [1.29, 1.82) is 0 Å². The number of ketones is 1. The third kappa shape index (κ3) is 6.98. The Morgan fingerprint density at radius 3 is 2.31 bits per heavy atom. The highest BCUT2D eigenvalue weighted by Crippen LogP contribution is 2.01. The lowest BCUT2D eigenvalue weighted by molar-refractivity contribution is -0.128. The first-order valence-electron chi connectivity index (χ1n) is 5.55. The molecule has 2 amide bonds. The summed E-state index contributed by atoms with van der Waals surface area (Å²) in [7, 11) is 0. The number of amides is 2. The maximum Gasteiger partial charge on any atom is 0.239 e. The van der Waals surface area contributed by atoms with Crippen LogP contribution in [0.3, 0.4) is 0 Å². The third-order valence-electron chi connectivity index (χ3n) is 2.23. The topological polar surface area (TPSA) is 89.3 Å². The highest BCUT2D eigenvalue weighted by atomic mass is 16.2. The van der Waals surface area contributed by atoms with Gasteiger partial charge in [-0.1, -0.05) is 19.8 Å². The van der Waals surface area contributed by atoms with Gasteiger partial charge in [-0.3, -0.25) is 9.59 Å². The third-order valence-corrected chi connectivity index (χ3v) is 2.23. The predicted molar refractivity (Wildman–Crippen MR) is 60.6 cm³/mol. The Labute approximate surface area is 95.8 Å². The molecule has 0 aliphatic rings. The van der Waals surface area contributed by atoms with Gasteiger partial charge in [0.05, 0.1) is 0 Å². The van der Waals surface area contributed by atoms with Crippen LogP contribution >= 0.6 is 0 Å². The minimum absolute atomic E-state index is 0.0423. The van der Waals surface area contributed by atoms with Crippen LogP contribution in [0.15, 0.2) is 0 Å². The standard InChI is InChI=1S/C11H20N2O3/c1-3-4-5-9(11(12)16)13-10(15)7-6-8(2)14/h9H,3-7H2,1-2H3,(H2,12,16)(H,13,15). The summed E-state index contributed by atoms with van der Waals surface area (Å²) in [5.74, 6) is -0.862. The first-order chi connectivity index (χ1) is 7.47. The van der Waals surface area contributed by atoms with Crippen molar-refractivity contribution in [3.05, 3.63) is 0 Å². The van der Waals surface area contributed by atoms with E-state index in [9.17, 15) is 14.4 Å². The van der Waals surface area contributed by atoms with E-state index in [4.69, 9.17) is 5.73 Å². The zero-order valence-corrected chi connectivity index (χ0v) is 9.91. The van der Waals surface area contributed by atoms with Crippen molar-refractivity contribution < 1.29 is 14.4 Å². The monoisotopic (exact) mass is 228 g/mol. The summed E-state index contributed by atoms with van der Waals surface area (Å²) in [6.45, 7) is 3.42. The van der Waals surface area contributed by atoms with Crippen LogP contribution in [0.1, 0.15) is 46.0 Å². The molecule has 16 heavy (non-hydrogen) atoms. The Balaban J connectivity index is 4.02. The quantitative estimate of drug-likeness (QED) is 0.634. The molecule has 5 nitrogen and oxygen atoms in total. The number of Topliss-reactive ketones (excluding diaryl/α,β-unsaturated/α-hetero) is 1. The van der Waals surface area contributed by atoms with Gasteiger partial charge in [-0.05, 0) is 13.3 Å². The molecule has 0 bridgehead atoms. The number of carbonyl (C=O) groups excluding carboxylic acids is 3. The van der Waals surface area contributed by atoms with E-state index in [0.29, 0.717) is 6.42 Å². The number of primary amides is 1. The molecule has 0 heterocycles. The first-order valence-corrected chi connectivity index (χ1v) is 5.55. The molecule has 0 aliphatic heterocycles. The zero-order chi connectivity index (χ0) is 12.6. The van der Waals surface area contributed by atoms with Gasteiger partial charge < -0.3 is 15.8 Å². The van der Waals surface area contributed by atoms with Gasteiger partial charge in [0.2, 0.25) is 11.8 Å². The van der Waals surface area contributed by atoms with E-state index in [2.05, 4.69) is 5.32 Å². The van der Waals surface area contributed by atoms with Gasteiger partial charge in [0.1, 0.15) is 11.8 Å². The maximum absolute atomic E-state index is 11.4. The van der Waals surface area contributed by atoms with Gasteiger partial charge in [-0.25, -0.2) is 0 Å². The molecule has 0 aromatic heterocycles. The molecule has 0 fully saturated rings. The number of nitrogens with two attached hydrogens (primary N) is 1.